The number of nitrogens with zero attached hydrogens (tertiary/aromatic N) is 3. The molecule has 1 unspecified atom stereocenters. The Balaban J connectivity index is 1.59. The Morgan fingerprint density at radius 3 is 2.76 bits per heavy atom. The minimum absolute atomic E-state index is 0.176. The van der Waals surface area contributed by atoms with Crippen LogP contribution < -0.4 is 4.90 Å². The Bertz CT molecular complexity index is 851. The Hall–Kier alpha value is -2.75. The van der Waals surface area contributed by atoms with Gasteiger partial charge in [-0.25, -0.2) is 14.4 Å². The molecular weight excluding hydrogens is 313 g/mol. The van der Waals surface area contributed by atoms with Crippen molar-refractivity contribution in [3.63, 3.8) is 0 Å². The normalized spacial score (nSPS) is 17.0. The van der Waals surface area contributed by atoms with E-state index in [-0.39, 0.29) is 11.9 Å². The van der Waals surface area contributed by atoms with Crippen molar-refractivity contribution in [3.8, 4) is 0 Å². The maximum atomic E-state index is 13.6. The molecule has 4 rings (SSSR count). The largest absolute Gasteiger partial charge is 0.349 e. The van der Waals surface area contributed by atoms with Gasteiger partial charge in [0.1, 0.15) is 17.5 Å². The highest BCUT2D eigenvalue weighted by molar-refractivity contribution is 5.44. The summed E-state index contributed by atoms with van der Waals surface area (Å²) in [4.78, 5) is 11.5. The zero-order valence-electron chi connectivity index (χ0n) is 14.0. The minimum Gasteiger partial charge on any atom is -0.349 e. The summed E-state index contributed by atoms with van der Waals surface area (Å²) in [6, 6.07) is 19.3. The van der Waals surface area contributed by atoms with Crippen LogP contribution >= 0.6 is 0 Å². The van der Waals surface area contributed by atoms with Crippen LogP contribution in [-0.4, -0.2) is 16.5 Å². The third-order valence-electron chi connectivity index (χ3n) is 4.68. The first-order valence-corrected chi connectivity index (χ1v) is 8.67. The molecule has 0 N–H and O–H groups in total. The first-order valence-electron chi connectivity index (χ1n) is 8.67. The quantitative estimate of drug-likeness (QED) is 0.701. The van der Waals surface area contributed by atoms with Gasteiger partial charge in [-0.05, 0) is 42.2 Å². The van der Waals surface area contributed by atoms with Crippen LogP contribution in [0.25, 0.3) is 0 Å². The average Bonchev–Trinajstić information content (AvgIpc) is 3.13. The third kappa shape index (κ3) is 3.53. The van der Waals surface area contributed by atoms with E-state index >= 15 is 0 Å². The van der Waals surface area contributed by atoms with Crippen LogP contribution in [0.4, 0.5) is 10.2 Å². The summed E-state index contributed by atoms with van der Waals surface area (Å²) in [7, 11) is 0. The van der Waals surface area contributed by atoms with Gasteiger partial charge in [0.15, 0.2) is 0 Å². The van der Waals surface area contributed by atoms with Gasteiger partial charge in [-0.2, -0.15) is 0 Å². The molecule has 0 radical (unpaired) electrons. The van der Waals surface area contributed by atoms with Gasteiger partial charge in [0.2, 0.25) is 0 Å². The molecular formula is C21H20FN3. The Kier molecular flexibility index (Phi) is 4.42. The van der Waals surface area contributed by atoms with Gasteiger partial charge in [0.25, 0.3) is 0 Å². The fourth-order valence-corrected chi connectivity index (χ4v) is 3.51. The molecule has 3 nitrogen and oxygen atoms in total. The van der Waals surface area contributed by atoms with E-state index in [0.717, 1.165) is 36.6 Å². The first-order chi connectivity index (χ1) is 12.3. The van der Waals surface area contributed by atoms with Gasteiger partial charge in [-0.3, -0.25) is 0 Å². The van der Waals surface area contributed by atoms with E-state index in [1.165, 1.54) is 11.6 Å². The number of benzene rings is 2. The predicted molar refractivity (Wildman–Crippen MR) is 97.0 cm³/mol. The smallest absolute Gasteiger partial charge is 0.135 e. The van der Waals surface area contributed by atoms with Gasteiger partial charge >= 0.3 is 0 Å². The van der Waals surface area contributed by atoms with Crippen LogP contribution in [0.5, 0.6) is 0 Å². The van der Waals surface area contributed by atoms with Crippen LogP contribution in [0.1, 0.15) is 35.8 Å². The number of aromatic nitrogens is 2. The second kappa shape index (κ2) is 7.01. The van der Waals surface area contributed by atoms with Crippen molar-refractivity contribution in [1.29, 1.82) is 0 Å². The van der Waals surface area contributed by atoms with E-state index in [9.17, 15) is 4.39 Å². The fourth-order valence-electron chi connectivity index (χ4n) is 3.51. The van der Waals surface area contributed by atoms with Gasteiger partial charge in [-0.1, -0.05) is 42.5 Å². The van der Waals surface area contributed by atoms with Crippen LogP contribution in [-0.2, 0) is 6.42 Å². The summed E-state index contributed by atoms with van der Waals surface area (Å²) in [5.41, 5.74) is 2.21. The first kappa shape index (κ1) is 15.8. The average molecular weight is 333 g/mol. The molecule has 0 spiro atoms. The van der Waals surface area contributed by atoms with Crippen molar-refractivity contribution >= 4 is 5.82 Å². The monoisotopic (exact) mass is 333 g/mol. The molecule has 0 bridgehead atoms. The molecule has 0 amide bonds. The van der Waals surface area contributed by atoms with Crippen molar-refractivity contribution in [2.24, 2.45) is 0 Å². The van der Waals surface area contributed by atoms with Crippen LogP contribution in [0.2, 0.25) is 0 Å². The molecule has 1 atom stereocenters. The topological polar surface area (TPSA) is 29.0 Å². The molecule has 2 heterocycles. The number of hydrogen-bond acceptors (Lipinski definition) is 3. The summed E-state index contributed by atoms with van der Waals surface area (Å²) in [6.07, 6.45) is 4.63. The van der Waals surface area contributed by atoms with E-state index in [1.807, 2.05) is 36.5 Å². The molecule has 3 aromatic rings. The Morgan fingerprint density at radius 2 is 1.92 bits per heavy atom. The summed E-state index contributed by atoms with van der Waals surface area (Å²) in [6.45, 7) is 0.934. The van der Waals surface area contributed by atoms with Crippen LogP contribution in [0.15, 0.2) is 66.9 Å². The standard InChI is InChI=1S/C21H20FN3/c22-18-9-4-8-17(15-18)19-10-5-13-25(19)21-11-12-23-20(24-21)14-16-6-2-1-3-7-16/h1-4,6-9,11-12,15,19H,5,10,13-14H2. The summed E-state index contributed by atoms with van der Waals surface area (Å²) in [5.74, 6) is 1.55. The minimum atomic E-state index is -0.184. The van der Waals surface area contributed by atoms with Crippen molar-refractivity contribution < 1.29 is 4.39 Å². The number of anilines is 1. The van der Waals surface area contributed by atoms with Crippen molar-refractivity contribution in [1.82, 2.24) is 9.97 Å². The number of halogens is 1. The zero-order chi connectivity index (χ0) is 17.1. The van der Waals surface area contributed by atoms with E-state index in [2.05, 4.69) is 22.0 Å². The molecule has 1 fully saturated rings. The number of rotatable bonds is 4. The highest BCUT2D eigenvalue weighted by Crippen LogP contribution is 2.35. The maximum absolute atomic E-state index is 13.6. The molecule has 1 aliphatic heterocycles. The fraction of sp³-hybridized carbons (Fsp3) is 0.238. The molecule has 2 aromatic carbocycles. The highest BCUT2D eigenvalue weighted by Gasteiger charge is 2.27. The number of hydrogen-bond donors (Lipinski definition) is 0. The lowest BCUT2D eigenvalue weighted by molar-refractivity contribution is 0.618. The maximum Gasteiger partial charge on any atom is 0.135 e. The van der Waals surface area contributed by atoms with E-state index in [1.54, 1.807) is 12.1 Å². The summed E-state index contributed by atoms with van der Waals surface area (Å²) < 4.78 is 13.6. The third-order valence-corrected chi connectivity index (χ3v) is 4.68. The lowest BCUT2D eigenvalue weighted by Crippen LogP contribution is -2.24. The molecule has 0 aliphatic carbocycles. The van der Waals surface area contributed by atoms with Crippen LogP contribution in [0.3, 0.4) is 0 Å². The Morgan fingerprint density at radius 1 is 1.04 bits per heavy atom. The molecule has 1 aromatic heterocycles. The van der Waals surface area contributed by atoms with Gasteiger partial charge in [0, 0.05) is 19.2 Å². The molecule has 0 saturated carbocycles. The molecule has 1 aliphatic rings. The van der Waals surface area contributed by atoms with Crippen LogP contribution in [0, 0.1) is 5.82 Å². The summed E-state index contributed by atoms with van der Waals surface area (Å²) >= 11 is 0. The lowest BCUT2D eigenvalue weighted by Gasteiger charge is -2.26. The molecule has 25 heavy (non-hydrogen) atoms. The van der Waals surface area contributed by atoms with E-state index in [4.69, 9.17) is 4.98 Å². The molecule has 126 valence electrons. The van der Waals surface area contributed by atoms with Gasteiger partial charge < -0.3 is 4.90 Å². The highest BCUT2D eigenvalue weighted by atomic mass is 19.1. The van der Waals surface area contributed by atoms with Crippen molar-refractivity contribution in [3.05, 3.63) is 89.6 Å². The summed E-state index contributed by atoms with van der Waals surface area (Å²) in [5, 5.41) is 0. The molecule has 4 heteroatoms. The predicted octanol–water partition coefficient (Wildman–Crippen LogP) is 4.55. The zero-order valence-corrected chi connectivity index (χ0v) is 14.0. The van der Waals surface area contributed by atoms with Gasteiger partial charge in [0.05, 0.1) is 6.04 Å². The SMILES string of the molecule is Fc1cccc(C2CCCN2c2ccnc(Cc3ccccc3)n2)c1. The van der Waals surface area contributed by atoms with E-state index in [0.29, 0.717) is 6.42 Å². The van der Waals surface area contributed by atoms with Gasteiger partial charge in [-0.15, -0.1) is 0 Å². The van der Waals surface area contributed by atoms with E-state index < -0.39 is 0 Å². The second-order valence-corrected chi connectivity index (χ2v) is 6.40. The lowest BCUT2D eigenvalue weighted by atomic mass is 10.0. The van der Waals surface area contributed by atoms with Crippen molar-refractivity contribution in [2.75, 3.05) is 11.4 Å². The Labute approximate surface area is 147 Å². The second-order valence-electron chi connectivity index (χ2n) is 6.40. The molecule has 1 saturated heterocycles. The van der Waals surface area contributed by atoms with Crippen molar-refractivity contribution in [2.45, 2.75) is 25.3 Å².